The Morgan fingerprint density at radius 1 is 1.10 bits per heavy atom. The minimum atomic E-state index is -1.06. The lowest BCUT2D eigenvalue weighted by Crippen LogP contribution is -2.37. The first-order chi connectivity index (χ1) is 14.5. The Morgan fingerprint density at radius 3 is 2.53 bits per heavy atom. The van der Waals surface area contributed by atoms with E-state index in [1.165, 1.54) is 11.9 Å². The van der Waals surface area contributed by atoms with Crippen LogP contribution in [0.4, 0.5) is 11.4 Å². The third-order valence-electron chi connectivity index (χ3n) is 4.37. The molecule has 2 amide bonds. The summed E-state index contributed by atoms with van der Waals surface area (Å²) < 4.78 is 10.8. The molecule has 1 aliphatic rings. The van der Waals surface area contributed by atoms with Crippen LogP contribution in [-0.2, 0) is 19.1 Å². The molecule has 2 aromatic carbocycles. The minimum Gasteiger partial charge on any atom is -0.492 e. The number of rotatable bonds is 7. The first-order valence-electron chi connectivity index (χ1n) is 9.68. The van der Waals surface area contributed by atoms with Gasteiger partial charge < -0.3 is 14.8 Å². The zero-order chi connectivity index (χ0) is 21.5. The number of benzene rings is 2. The number of para-hydroxylation sites is 3. The Kier molecular flexibility index (Phi) is 6.79. The molecule has 156 valence electrons. The van der Waals surface area contributed by atoms with E-state index < -0.39 is 18.0 Å². The monoisotopic (exact) mass is 409 g/mol. The fourth-order valence-electron chi connectivity index (χ4n) is 2.84. The Morgan fingerprint density at radius 2 is 1.80 bits per heavy atom. The molecule has 30 heavy (non-hydrogen) atoms. The van der Waals surface area contributed by atoms with Crippen molar-refractivity contribution in [3.05, 3.63) is 54.6 Å². The number of ether oxygens (including phenoxy) is 2. The second-order valence-electron chi connectivity index (χ2n) is 6.55. The second kappa shape index (κ2) is 9.69. The predicted molar refractivity (Wildman–Crippen MR) is 112 cm³/mol. The van der Waals surface area contributed by atoms with Crippen molar-refractivity contribution in [1.29, 1.82) is 0 Å². The molecule has 0 saturated heterocycles. The molecule has 1 atom stereocenters. The van der Waals surface area contributed by atoms with Gasteiger partial charge in [-0.25, -0.2) is 9.80 Å². The van der Waals surface area contributed by atoms with Crippen molar-refractivity contribution >= 4 is 34.9 Å². The number of hydrazone groups is 1. The van der Waals surface area contributed by atoms with Crippen molar-refractivity contribution in [2.45, 2.75) is 32.8 Å². The summed E-state index contributed by atoms with van der Waals surface area (Å²) >= 11 is 0. The summed E-state index contributed by atoms with van der Waals surface area (Å²) in [6.45, 7) is 3.77. The van der Waals surface area contributed by atoms with Crippen molar-refractivity contribution in [3.63, 3.8) is 0 Å². The van der Waals surface area contributed by atoms with E-state index >= 15 is 0 Å². The number of amides is 2. The van der Waals surface area contributed by atoms with Crippen LogP contribution in [0.3, 0.4) is 0 Å². The van der Waals surface area contributed by atoms with Crippen molar-refractivity contribution in [3.8, 4) is 5.75 Å². The minimum absolute atomic E-state index is 0.0906. The third-order valence-corrected chi connectivity index (χ3v) is 4.37. The van der Waals surface area contributed by atoms with E-state index in [9.17, 15) is 14.4 Å². The maximum atomic E-state index is 12.5. The fraction of sp³-hybridized carbons (Fsp3) is 0.273. The molecule has 0 bridgehead atoms. The summed E-state index contributed by atoms with van der Waals surface area (Å²) in [7, 11) is 0. The van der Waals surface area contributed by atoms with Gasteiger partial charge in [0.2, 0.25) is 5.91 Å². The number of nitrogens with zero attached hydrogens (tertiary/aromatic N) is 2. The van der Waals surface area contributed by atoms with Gasteiger partial charge in [-0.2, -0.15) is 5.10 Å². The molecule has 0 fully saturated rings. The van der Waals surface area contributed by atoms with Gasteiger partial charge in [0, 0.05) is 12.8 Å². The molecular weight excluding hydrogens is 386 g/mol. The van der Waals surface area contributed by atoms with Gasteiger partial charge in [-0.3, -0.25) is 9.59 Å². The Labute approximate surface area is 174 Å². The smallest absolute Gasteiger partial charge is 0.355 e. The van der Waals surface area contributed by atoms with E-state index in [-0.39, 0.29) is 24.5 Å². The predicted octanol–water partition coefficient (Wildman–Crippen LogP) is 3.14. The normalized spacial score (nSPS) is 14.5. The summed E-state index contributed by atoms with van der Waals surface area (Å²) in [4.78, 5) is 37.2. The molecule has 0 aliphatic carbocycles. The SMILES string of the molecule is CCOc1ccccc1NC(=O)C(C)OC(=O)C1=NN(c2ccccc2)C(=O)CC1. The molecule has 8 heteroatoms. The summed E-state index contributed by atoms with van der Waals surface area (Å²) in [5.74, 6) is -0.913. The molecule has 3 rings (SSSR count). The van der Waals surface area contributed by atoms with E-state index in [0.717, 1.165) is 0 Å². The number of carbonyl (C=O) groups is 3. The number of esters is 1. The zero-order valence-corrected chi connectivity index (χ0v) is 16.8. The molecule has 0 saturated carbocycles. The van der Waals surface area contributed by atoms with Gasteiger partial charge in [-0.15, -0.1) is 0 Å². The van der Waals surface area contributed by atoms with Crippen LogP contribution in [0.25, 0.3) is 0 Å². The highest BCUT2D eigenvalue weighted by molar-refractivity contribution is 6.38. The number of nitrogens with one attached hydrogen (secondary N) is 1. The maximum Gasteiger partial charge on any atom is 0.355 e. The largest absolute Gasteiger partial charge is 0.492 e. The highest BCUT2D eigenvalue weighted by atomic mass is 16.5. The number of carbonyl (C=O) groups excluding carboxylic acids is 3. The van der Waals surface area contributed by atoms with Gasteiger partial charge in [-0.05, 0) is 38.1 Å². The lowest BCUT2D eigenvalue weighted by atomic mass is 10.1. The van der Waals surface area contributed by atoms with E-state index in [1.807, 2.05) is 13.0 Å². The maximum absolute atomic E-state index is 12.5. The van der Waals surface area contributed by atoms with Crippen LogP contribution < -0.4 is 15.1 Å². The Hall–Kier alpha value is -3.68. The van der Waals surface area contributed by atoms with Crippen LogP contribution in [0.15, 0.2) is 59.7 Å². The van der Waals surface area contributed by atoms with Crippen molar-refractivity contribution in [2.24, 2.45) is 5.10 Å². The van der Waals surface area contributed by atoms with Crippen LogP contribution in [0.2, 0.25) is 0 Å². The highest BCUT2D eigenvalue weighted by Crippen LogP contribution is 2.24. The van der Waals surface area contributed by atoms with Crippen LogP contribution in [0, 0.1) is 0 Å². The Balaban J connectivity index is 1.66. The number of anilines is 2. The topological polar surface area (TPSA) is 97.3 Å². The molecule has 1 unspecified atom stereocenters. The average molecular weight is 409 g/mol. The third kappa shape index (κ3) is 5.02. The van der Waals surface area contributed by atoms with Crippen molar-refractivity contribution in [2.75, 3.05) is 16.9 Å². The molecule has 0 spiro atoms. The summed E-state index contributed by atoms with van der Waals surface area (Å²) in [6.07, 6.45) is -0.772. The Bertz CT molecular complexity index is 958. The standard InChI is InChI=1S/C22H23N3O5/c1-3-29-19-12-8-7-11-17(19)23-21(27)15(2)30-22(28)18-13-14-20(26)25(24-18)16-9-5-4-6-10-16/h4-12,15H,3,13-14H2,1-2H3,(H,23,27). The van der Waals surface area contributed by atoms with Gasteiger partial charge in [0.05, 0.1) is 18.0 Å². The first kappa shape index (κ1) is 21.0. The van der Waals surface area contributed by atoms with Crippen molar-refractivity contribution in [1.82, 2.24) is 0 Å². The molecule has 2 aromatic rings. The lowest BCUT2D eigenvalue weighted by Gasteiger charge is -2.23. The van der Waals surface area contributed by atoms with E-state index in [4.69, 9.17) is 9.47 Å². The van der Waals surface area contributed by atoms with Gasteiger partial charge in [0.1, 0.15) is 11.5 Å². The summed E-state index contributed by atoms with van der Waals surface area (Å²) in [6, 6.07) is 15.8. The zero-order valence-electron chi connectivity index (χ0n) is 16.8. The quantitative estimate of drug-likeness (QED) is 0.709. The van der Waals surface area contributed by atoms with Crippen LogP contribution in [0.5, 0.6) is 5.75 Å². The molecule has 0 radical (unpaired) electrons. The van der Waals surface area contributed by atoms with Gasteiger partial charge in [-0.1, -0.05) is 30.3 Å². The van der Waals surface area contributed by atoms with E-state index in [0.29, 0.717) is 23.7 Å². The molecule has 8 nitrogen and oxygen atoms in total. The van der Waals surface area contributed by atoms with E-state index in [1.54, 1.807) is 48.5 Å². The van der Waals surface area contributed by atoms with E-state index in [2.05, 4.69) is 10.4 Å². The fourth-order valence-corrected chi connectivity index (χ4v) is 2.84. The van der Waals surface area contributed by atoms with Gasteiger partial charge >= 0.3 is 5.97 Å². The summed E-state index contributed by atoms with van der Waals surface area (Å²) in [5.41, 5.74) is 1.14. The van der Waals surface area contributed by atoms with Crippen LogP contribution >= 0.6 is 0 Å². The molecule has 1 aliphatic heterocycles. The molecular formula is C22H23N3O5. The van der Waals surface area contributed by atoms with Crippen LogP contribution in [-0.4, -0.2) is 36.2 Å². The molecule has 1 heterocycles. The van der Waals surface area contributed by atoms with Crippen LogP contribution in [0.1, 0.15) is 26.7 Å². The van der Waals surface area contributed by atoms with Gasteiger partial charge in [0.15, 0.2) is 6.10 Å². The second-order valence-corrected chi connectivity index (χ2v) is 6.55. The average Bonchev–Trinajstić information content (AvgIpc) is 2.76. The molecule has 1 N–H and O–H groups in total. The van der Waals surface area contributed by atoms with Gasteiger partial charge in [0.25, 0.3) is 5.91 Å². The highest BCUT2D eigenvalue weighted by Gasteiger charge is 2.28. The first-order valence-corrected chi connectivity index (χ1v) is 9.68. The lowest BCUT2D eigenvalue weighted by molar-refractivity contribution is -0.146. The molecule has 0 aromatic heterocycles. The number of hydrogen-bond acceptors (Lipinski definition) is 6. The van der Waals surface area contributed by atoms with Crippen molar-refractivity contribution < 1.29 is 23.9 Å². The summed E-state index contributed by atoms with van der Waals surface area (Å²) in [5, 5.41) is 8.03. The number of hydrogen-bond donors (Lipinski definition) is 1.